The Labute approximate surface area is 195 Å². The number of hydrogen-bond acceptors (Lipinski definition) is 7. The lowest BCUT2D eigenvalue weighted by Gasteiger charge is -2.10. The number of rotatable bonds is 9. The van der Waals surface area contributed by atoms with Crippen LogP contribution in [0.25, 0.3) is 5.69 Å². The van der Waals surface area contributed by atoms with Crippen molar-refractivity contribution in [3.8, 4) is 17.2 Å². The van der Waals surface area contributed by atoms with Crippen molar-refractivity contribution in [2.75, 3.05) is 19.0 Å². The molecule has 0 aliphatic rings. The molecule has 0 fully saturated rings. The SMILES string of the molecule is CCOC(=O)c1cnn(-c2ccccc2)c1NC(=O)c1ccc(COc2ccc(OC)cc2)o1. The molecule has 1 amide bonds. The molecule has 34 heavy (non-hydrogen) atoms. The molecule has 2 aromatic heterocycles. The first-order chi connectivity index (χ1) is 16.6. The van der Waals surface area contributed by atoms with Gasteiger partial charge in [0.1, 0.15) is 29.4 Å². The van der Waals surface area contributed by atoms with Crippen LogP contribution in [0, 0.1) is 0 Å². The van der Waals surface area contributed by atoms with Crippen LogP contribution in [0.4, 0.5) is 5.82 Å². The average Bonchev–Trinajstić information content (AvgIpc) is 3.51. The Kier molecular flexibility index (Phi) is 6.92. The van der Waals surface area contributed by atoms with Gasteiger partial charge in [0.2, 0.25) is 0 Å². The van der Waals surface area contributed by atoms with Crippen molar-refractivity contribution in [1.29, 1.82) is 0 Å². The third-order valence-corrected chi connectivity index (χ3v) is 4.82. The molecule has 0 unspecified atom stereocenters. The summed E-state index contributed by atoms with van der Waals surface area (Å²) in [6, 6.07) is 19.4. The fourth-order valence-electron chi connectivity index (χ4n) is 3.16. The molecular weight excluding hydrogens is 438 g/mol. The highest BCUT2D eigenvalue weighted by Gasteiger charge is 2.23. The first kappa shape index (κ1) is 22.7. The molecule has 4 aromatic rings. The smallest absolute Gasteiger partial charge is 0.343 e. The van der Waals surface area contributed by atoms with Gasteiger partial charge in [-0.3, -0.25) is 4.79 Å². The summed E-state index contributed by atoms with van der Waals surface area (Å²) in [6.07, 6.45) is 1.36. The summed E-state index contributed by atoms with van der Waals surface area (Å²) in [4.78, 5) is 25.4. The fraction of sp³-hybridized carbons (Fsp3) is 0.160. The van der Waals surface area contributed by atoms with E-state index in [4.69, 9.17) is 18.6 Å². The normalized spacial score (nSPS) is 10.5. The number of nitrogens with zero attached hydrogens (tertiary/aromatic N) is 2. The summed E-state index contributed by atoms with van der Waals surface area (Å²) in [5, 5.41) is 6.98. The van der Waals surface area contributed by atoms with E-state index in [0.29, 0.717) is 17.2 Å². The Hall–Kier alpha value is -4.53. The van der Waals surface area contributed by atoms with Crippen LogP contribution in [0.5, 0.6) is 11.5 Å². The average molecular weight is 461 g/mol. The van der Waals surface area contributed by atoms with Gasteiger partial charge in [0.05, 0.1) is 25.6 Å². The zero-order chi connectivity index (χ0) is 23.9. The molecule has 0 saturated heterocycles. The van der Waals surface area contributed by atoms with Crippen LogP contribution < -0.4 is 14.8 Å². The largest absolute Gasteiger partial charge is 0.497 e. The number of furan rings is 1. The Morgan fingerprint density at radius 2 is 1.74 bits per heavy atom. The molecule has 2 aromatic carbocycles. The van der Waals surface area contributed by atoms with Crippen molar-refractivity contribution in [3.05, 3.63) is 90.0 Å². The van der Waals surface area contributed by atoms with Crippen molar-refractivity contribution in [2.24, 2.45) is 0 Å². The van der Waals surface area contributed by atoms with Crippen molar-refractivity contribution in [1.82, 2.24) is 9.78 Å². The molecule has 4 rings (SSSR count). The zero-order valence-electron chi connectivity index (χ0n) is 18.7. The molecule has 0 radical (unpaired) electrons. The fourth-order valence-corrected chi connectivity index (χ4v) is 3.16. The molecule has 0 aliphatic heterocycles. The zero-order valence-corrected chi connectivity index (χ0v) is 18.7. The van der Waals surface area contributed by atoms with E-state index in [-0.39, 0.29) is 30.4 Å². The number of amides is 1. The Bertz CT molecular complexity index is 1260. The summed E-state index contributed by atoms with van der Waals surface area (Å²) < 4.78 is 23.0. The van der Waals surface area contributed by atoms with Gasteiger partial charge in [-0.05, 0) is 55.5 Å². The van der Waals surface area contributed by atoms with Gasteiger partial charge in [-0.2, -0.15) is 5.10 Å². The van der Waals surface area contributed by atoms with Crippen LogP contribution in [-0.2, 0) is 11.3 Å². The van der Waals surface area contributed by atoms with Crippen LogP contribution in [0.2, 0.25) is 0 Å². The number of carbonyl (C=O) groups is 2. The second-order valence-corrected chi connectivity index (χ2v) is 7.06. The van der Waals surface area contributed by atoms with Crippen LogP contribution in [-0.4, -0.2) is 35.4 Å². The van der Waals surface area contributed by atoms with E-state index in [1.807, 2.05) is 18.2 Å². The van der Waals surface area contributed by atoms with Crippen molar-refractivity contribution in [2.45, 2.75) is 13.5 Å². The minimum absolute atomic E-state index is 0.0592. The van der Waals surface area contributed by atoms with Gasteiger partial charge in [0.15, 0.2) is 11.6 Å². The van der Waals surface area contributed by atoms with E-state index in [9.17, 15) is 9.59 Å². The lowest BCUT2D eigenvalue weighted by Crippen LogP contribution is -2.17. The number of hydrogen-bond donors (Lipinski definition) is 1. The van der Waals surface area contributed by atoms with Gasteiger partial charge in [0.25, 0.3) is 5.91 Å². The summed E-state index contributed by atoms with van der Waals surface area (Å²) in [5.41, 5.74) is 0.801. The lowest BCUT2D eigenvalue weighted by molar-refractivity contribution is 0.0527. The van der Waals surface area contributed by atoms with Crippen LogP contribution >= 0.6 is 0 Å². The molecule has 2 heterocycles. The number of ether oxygens (including phenoxy) is 3. The van der Waals surface area contributed by atoms with Crippen LogP contribution in [0.15, 0.2) is 77.3 Å². The number of benzene rings is 2. The molecule has 1 N–H and O–H groups in total. The molecule has 0 aliphatic carbocycles. The maximum atomic E-state index is 12.9. The number of para-hydroxylation sites is 1. The first-order valence-electron chi connectivity index (χ1n) is 10.6. The minimum Gasteiger partial charge on any atom is -0.497 e. The van der Waals surface area contributed by atoms with Crippen LogP contribution in [0.3, 0.4) is 0 Å². The number of methoxy groups -OCH3 is 1. The summed E-state index contributed by atoms with van der Waals surface area (Å²) >= 11 is 0. The predicted octanol–water partition coefficient (Wildman–Crippen LogP) is 4.48. The van der Waals surface area contributed by atoms with Crippen LogP contribution in [0.1, 0.15) is 33.6 Å². The summed E-state index contributed by atoms with van der Waals surface area (Å²) in [5.74, 6) is 0.927. The predicted molar refractivity (Wildman–Crippen MR) is 124 cm³/mol. The molecular formula is C25H23N3O6. The molecule has 0 spiro atoms. The Morgan fingerprint density at radius 1 is 1.00 bits per heavy atom. The van der Waals surface area contributed by atoms with E-state index < -0.39 is 11.9 Å². The highest BCUT2D eigenvalue weighted by atomic mass is 16.5. The second-order valence-electron chi connectivity index (χ2n) is 7.06. The Balaban J connectivity index is 1.50. The molecule has 0 saturated carbocycles. The summed E-state index contributed by atoms with van der Waals surface area (Å²) in [6.45, 7) is 2.03. The third-order valence-electron chi connectivity index (χ3n) is 4.82. The standard InChI is InChI=1S/C25H23N3O6/c1-3-32-25(30)21-15-26-28(17-7-5-4-6-8-17)23(21)27-24(29)22-14-13-20(34-22)16-33-19-11-9-18(31-2)10-12-19/h4-15H,3,16H2,1-2H3,(H,27,29). The Morgan fingerprint density at radius 3 is 2.44 bits per heavy atom. The third kappa shape index (κ3) is 5.09. The first-order valence-corrected chi connectivity index (χ1v) is 10.6. The highest BCUT2D eigenvalue weighted by Crippen LogP contribution is 2.23. The number of carbonyl (C=O) groups excluding carboxylic acids is 2. The minimum atomic E-state index is -0.590. The number of aromatic nitrogens is 2. The number of esters is 1. The molecule has 9 nitrogen and oxygen atoms in total. The van der Waals surface area contributed by atoms with Crippen molar-refractivity contribution >= 4 is 17.7 Å². The topological polar surface area (TPSA) is 105 Å². The maximum Gasteiger partial charge on any atom is 0.343 e. The highest BCUT2D eigenvalue weighted by molar-refractivity contribution is 6.06. The number of nitrogens with one attached hydrogen (secondary N) is 1. The molecule has 0 atom stereocenters. The van der Waals surface area contributed by atoms with Gasteiger partial charge in [-0.1, -0.05) is 18.2 Å². The maximum absolute atomic E-state index is 12.9. The van der Waals surface area contributed by atoms with Gasteiger partial charge in [-0.25, -0.2) is 9.48 Å². The molecule has 9 heteroatoms. The summed E-state index contributed by atoms with van der Waals surface area (Å²) in [7, 11) is 1.59. The second kappa shape index (κ2) is 10.4. The monoisotopic (exact) mass is 461 g/mol. The lowest BCUT2D eigenvalue weighted by atomic mass is 10.3. The van der Waals surface area contributed by atoms with E-state index in [0.717, 1.165) is 5.75 Å². The molecule has 174 valence electrons. The van der Waals surface area contributed by atoms with E-state index in [1.54, 1.807) is 56.5 Å². The van der Waals surface area contributed by atoms with Gasteiger partial charge in [-0.15, -0.1) is 0 Å². The van der Waals surface area contributed by atoms with E-state index in [2.05, 4.69) is 10.4 Å². The van der Waals surface area contributed by atoms with Crippen molar-refractivity contribution < 1.29 is 28.2 Å². The number of anilines is 1. The van der Waals surface area contributed by atoms with Gasteiger partial charge < -0.3 is 23.9 Å². The van der Waals surface area contributed by atoms with E-state index >= 15 is 0 Å². The molecule has 0 bridgehead atoms. The van der Waals surface area contributed by atoms with E-state index in [1.165, 1.54) is 16.9 Å². The van der Waals surface area contributed by atoms with Gasteiger partial charge >= 0.3 is 5.97 Å². The van der Waals surface area contributed by atoms with Crippen molar-refractivity contribution in [3.63, 3.8) is 0 Å². The van der Waals surface area contributed by atoms with Gasteiger partial charge in [0, 0.05) is 0 Å². The quantitative estimate of drug-likeness (QED) is 0.366.